The molecule has 1 atom stereocenters. The summed E-state index contributed by atoms with van der Waals surface area (Å²) in [6.07, 6.45) is 8.15. The van der Waals surface area contributed by atoms with Crippen LogP contribution in [0.15, 0.2) is 18.3 Å². The molecule has 1 aromatic rings. The molecule has 0 aliphatic carbocycles. The van der Waals surface area contributed by atoms with Gasteiger partial charge in [-0.05, 0) is 25.1 Å². The van der Waals surface area contributed by atoms with Crippen molar-refractivity contribution >= 4 is 0 Å². The molecule has 2 nitrogen and oxygen atoms in total. The predicted molar refractivity (Wildman–Crippen MR) is 47.5 cm³/mol. The first-order valence-electron chi connectivity index (χ1n) is 4.06. The Kier molecular flexibility index (Phi) is 1.81. The summed E-state index contributed by atoms with van der Waals surface area (Å²) in [5, 5.41) is 3.29. The molecule has 0 aromatic carbocycles. The number of pyridine rings is 1. The summed E-state index contributed by atoms with van der Waals surface area (Å²) in [6.45, 7) is 1.10. The van der Waals surface area contributed by atoms with E-state index in [2.05, 4.69) is 16.2 Å². The van der Waals surface area contributed by atoms with Crippen molar-refractivity contribution in [2.45, 2.75) is 12.5 Å². The molecule has 12 heavy (non-hydrogen) atoms. The second-order valence-corrected chi connectivity index (χ2v) is 2.91. The number of hydrogen-bond acceptors (Lipinski definition) is 2. The van der Waals surface area contributed by atoms with E-state index >= 15 is 0 Å². The molecule has 0 radical (unpaired) electrons. The van der Waals surface area contributed by atoms with Crippen LogP contribution in [-0.2, 0) is 0 Å². The Bertz CT molecular complexity index is 304. The van der Waals surface area contributed by atoms with E-state index in [-0.39, 0.29) is 0 Å². The first kappa shape index (κ1) is 7.33. The molecule has 2 rings (SSSR count). The molecule has 1 aliphatic heterocycles. The maximum Gasteiger partial charge on any atom is 0.0574 e. The second kappa shape index (κ2) is 2.96. The van der Waals surface area contributed by atoms with E-state index in [9.17, 15) is 0 Å². The van der Waals surface area contributed by atoms with Crippen molar-refractivity contribution in [3.8, 4) is 12.3 Å². The molecule has 1 aromatic heterocycles. The molecule has 0 bridgehead atoms. The smallest absolute Gasteiger partial charge is 0.0574 e. The van der Waals surface area contributed by atoms with E-state index in [4.69, 9.17) is 6.42 Å². The van der Waals surface area contributed by atoms with Crippen LogP contribution in [0.5, 0.6) is 0 Å². The molecular weight excluding hydrogens is 148 g/mol. The molecule has 60 valence electrons. The summed E-state index contributed by atoms with van der Waals surface area (Å²) in [6, 6.07) is 4.38. The lowest BCUT2D eigenvalue weighted by atomic mass is 10.0. The van der Waals surface area contributed by atoms with Crippen LogP contribution < -0.4 is 5.32 Å². The summed E-state index contributed by atoms with van der Waals surface area (Å²) in [5.41, 5.74) is 1.94. The number of rotatable bonds is 1. The van der Waals surface area contributed by atoms with Gasteiger partial charge in [-0.3, -0.25) is 4.98 Å². The normalized spacial score (nSPS) is 21.1. The van der Waals surface area contributed by atoms with Crippen LogP contribution in [-0.4, -0.2) is 11.5 Å². The summed E-state index contributed by atoms with van der Waals surface area (Å²) >= 11 is 0. The van der Waals surface area contributed by atoms with Gasteiger partial charge in [0.2, 0.25) is 0 Å². The quantitative estimate of drug-likeness (QED) is 0.619. The van der Waals surface area contributed by atoms with Crippen LogP contribution in [0.25, 0.3) is 0 Å². The number of hydrogen-bond donors (Lipinski definition) is 1. The van der Waals surface area contributed by atoms with E-state index < -0.39 is 0 Å². The van der Waals surface area contributed by atoms with Gasteiger partial charge in [-0.15, -0.1) is 6.42 Å². The largest absolute Gasteiger partial charge is 0.309 e. The van der Waals surface area contributed by atoms with Crippen molar-refractivity contribution in [1.82, 2.24) is 10.3 Å². The SMILES string of the molecule is C#Cc1ccc(C2CCN2)nc1. The van der Waals surface area contributed by atoms with Crippen molar-refractivity contribution < 1.29 is 0 Å². The van der Waals surface area contributed by atoms with Crippen LogP contribution in [0.4, 0.5) is 0 Å². The summed E-state index contributed by atoms with van der Waals surface area (Å²) in [7, 11) is 0. The third-order valence-electron chi connectivity index (χ3n) is 2.13. The fraction of sp³-hybridized carbons (Fsp3) is 0.300. The highest BCUT2D eigenvalue weighted by atomic mass is 15.0. The lowest BCUT2D eigenvalue weighted by molar-refractivity contribution is 0.375. The number of nitrogens with zero attached hydrogens (tertiary/aromatic N) is 1. The Hall–Kier alpha value is -1.33. The molecule has 1 N–H and O–H groups in total. The number of terminal acetylenes is 1. The van der Waals surface area contributed by atoms with Gasteiger partial charge in [0.25, 0.3) is 0 Å². The molecule has 1 fully saturated rings. The summed E-state index contributed by atoms with van der Waals surface area (Å²) < 4.78 is 0. The topological polar surface area (TPSA) is 24.9 Å². The minimum Gasteiger partial charge on any atom is -0.309 e. The van der Waals surface area contributed by atoms with Gasteiger partial charge in [0.15, 0.2) is 0 Å². The molecule has 0 saturated carbocycles. The average Bonchev–Trinajstić information content (AvgIpc) is 2.03. The van der Waals surface area contributed by atoms with E-state index in [1.807, 2.05) is 12.1 Å². The Morgan fingerprint density at radius 2 is 2.42 bits per heavy atom. The van der Waals surface area contributed by atoms with Gasteiger partial charge in [-0.1, -0.05) is 5.92 Å². The Morgan fingerprint density at radius 3 is 2.83 bits per heavy atom. The molecule has 0 spiro atoms. The molecule has 1 aliphatic rings. The fourth-order valence-corrected chi connectivity index (χ4v) is 1.24. The maximum absolute atomic E-state index is 5.22. The summed E-state index contributed by atoms with van der Waals surface area (Å²) in [5.74, 6) is 2.55. The van der Waals surface area contributed by atoms with Gasteiger partial charge < -0.3 is 5.32 Å². The van der Waals surface area contributed by atoms with Crippen LogP contribution >= 0.6 is 0 Å². The van der Waals surface area contributed by atoms with Crippen molar-refractivity contribution in [3.63, 3.8) is 0 Å². The lowest BCUT2D eigenvalue weighted by Gasteiger charge is -2.26. The van der Waals surface area contributed by atoms with Gasteiger partial charge in [0.1, 0.15) is 0 Å². The van der Waals surface area contributed by atoms with Gasteiger partial charge in [-0.2, -0.15) is 0 Å². The highest BCUT2D eigenvalue weighted by molar-refractivity contribution is 5.30. The molecular formula is C10H10N2. The first-order valence-corrected chi connectivity index (χ1v) is 4.06. The minimum atomic E-state index is 0.455. The highest BCUT2D eigenvalue weighted by Crippen LogP contribution is 2.20. The van der Waals surface area contributed by atoms with Crippen molar-refractivity contribution in [2.24, 2.45) is 0 Å². The first-order chi connectivity index (χ1) is 5.90. The van der Waals surface area contributed by atoms with E-state index in [1.54, 1.807) is 6.20 Å². The standard InChI is InChI=1S/C10H10N2/c1-2-8-3-4-9(12-7-8)10-5-6-11-10/h1,3-4,7,10-11H,5-6H2. The van der Waals surface area contributed by atoms with Crippen molar-refractivity contribution in [3.05, 3.63) is 29.6 Å². The van der Waals surface area contributed by atoms with E-state index in [1.165, 1.54) is 6.42 Å². The Morgan fingerprint density at radius 1 is 1.58 bits per heavy atom. The van der Waals surface area contributed by atoms with Crippen LogP contribution in [0.2, 0.25) is 0 Å². The number of aromatic nitrogens is 1. The highest BCUT2D eigenvalue weighted by Gasteiger charge is 2.18. The van der Waals surface area contributed by atoms with Crippen LogP contribution in [0.3, 0.4) is 0 Å². The molecule has 2 heterocycles. The van der Waals surface area contributed by atoms with Crippen molar-refractivity contribution in [1.29, 1.82) is 0 Å². The fourth-order valence-electron chi connectivity index (χ4n) is 1.24. The van der Waals surface area contributed by atoms with Crippen LogP contribution in [0.1, 0.15) is 23.7 Å². The maximum atomic E-state index is 5.22. The lowest BCUT2D eigenvalue weighted by Crippen LogP contribution is -2.35. The predicted octanol–water partition coefficient (Wildman–Crippen LogP) is 1.10. The van der Waals surface area contributed by atoms with Gasteiger partial charge in [-0.25, -0.2) is 0 Å². The van der Waals surface area contributed by atoms with E-state index in [0.29, 0.717) is 6.04 Å². The zero-order valence-electron chi connectivity index (χ0n) is 6.75. The Balaban J connectivity index is 2.19. The Labute approximate surface area is 72.0 Å². The molecule has 1 unspecified atom stereocenters. The minimum absolute atomic E-state index is 0.455. The van der Waals surface area contributed by atoms with Gasteiger partial charge in [0.05, 0.1) is 11.7 Å². The monoisotopic (exact) mass is 158 g/mol. The average molecular weight is 158 g/mol. The molecule has 0 amide bonds. The van der Waals surface area contributed by atoms with Crippen LogP contribution in [0, 0.1) is 12.3 Å². The molecule has 2 heteroatoms. The third kappa shape index (κ3) is 1.19. The zero-order chi connectivity index (χ0) is 8.39. The zero-order valence-corrected chi connectivity index (χ0v) is 6.75. The summed E-state index contributed by atoms with van der Waals surface area (Å²) in [4.78, 5) is 4.27. The van der Waals surface area contributed by atoms with E-state index in [0.717, 1.165) is 17.8 Å². The molecule has 1 saturated heterocycles. The second-order valence-electron chi connectivity index (χ2n) is 2.91. The van der Waals surface area contributed by atoms with Gasteiger partial charge >= 0.3 is 0 Å². The van der Waals surface area contributed by atoms with Crippen molar-refractivity contribution in [2.75, 3.05) is 6.54 Å². The number of nitrogens with one attached hydrogen (secondary N) is 1. The third-order valence-corrected chi connectivity index (χ3v) is 2.13. The van der Waals surface area contributed by atoms with Gasteiger partial charge in [0, 0.05) is 11.8 Å².